The van der Waals surface area contributed by atoms with Gasteiger partial charge in [0.15, 0.2) is 0 Å². The van der Waals surface area contributed by atoms with Gasteiger partial charge in [0.2, 0.25) is 0 Å². The van der Waals surface area contributed by atoms with Crippen molar-refractivity contribution in [2.75, 3.05) is 6.61 Å². The third-order valence-corrected chi connectivity index (χ3v) is 3.15. The van der Waals surface area contributed by atoms with Crippen molar-refractivity contribution < 1.29 is 14.2 Å². The van der Waals surface area contributed by atoms with E-state index in [2.05, 4.69) is 0 Å². The first kappa shape index (κ1) is 14.5. The second-order valence-electron chi connectivity index (χ2n) is 4.70. The fourth-order valence-corrected chi connectivity index (χ4v) is 1.97. The highest BCUT2D eigenvalue weighted by molar-refractivity contribution is 5.28. The van der Waals surface area contributed by atoms with E-state index >= 15 is 0 Å². The standard InChI is InChI=1S/C17H19FO2/c18-17-7-2-1-6-15(17)13-20-16-10-8-14(9-11-16)5-3-4-12-19/h1-2,6-11,19H,3-5,12-13H2. The summed E-state index contributed by atoms with van der Waals surface area (Å²) in [6.45, 7) is 0.473. The van der Waals surface area contributed by atoms with Gasteiger partial charge in [-0.15, -0.1) is 0 Å². The summed E-state index contributed by atoms with van der Waals surface area (Å²) in [4.78, 5) is 0. The molecule has 0 bridgehead atoms. The first-order valence-electron chi connectivity index (χ1n) is 6.85. The predicted molar refractivity (Wildman–Crippen MR) is 77.2 cm³/mol. The molecule has 0 saturated heterocycles. The molecule has 0 aliphatic rings. The minimum Gasteiger partial charge on any atom is -0.489 e. The van der Waals surface area contributed by atoms with Crippen molar-refractivity contribution in [1.29, 1.82) is 0 Å². The van der Waals surface area contributed by atoms with Crippen LogP contribution in [0.4, 0.5) is 4.39 Å². The van der Waals surface area contributed by atoms with Gasteiger partial charge < -0.3 is 9.84 Å². The minimum absolute atomic E-state index is 0.233. The van der Waals surface area contributed by atoms with Crippen molar-refractivity contribution in [2.24, 2.45) is 0 Å². The molecule has 2 rings (SSSR count). The fourth-order valence-electron chi connectivity index (χ4n) is 1.97. The van der Waals surface area contributed by atoms with E-state index in [-0.39, 0.29) is 19.0 Å². The van der Waals surface area contributed by atoms with Crippen LogP contribution in [-0.4, -0.2) is 11.7 Å². The van der Waals surface area contributed by atoms with Gasteiger partial charge in [-0.3, -0.25) is 0 Å². The smallest absolute Gasteiger partial charge is 0.129 e. The Kier molecular flexibility index (Phi) is 5.56. The average molecular weight is 274 g/mol. The van der Waals surface area contributed by atoms with Crippen LogP contribution in [0.1, 0.15) is 24.0 Å². The van der Waals surface area contributed by atoms with Crippen molar-refractivity contribution in [1.82, 2.24) is 0 Å². The van der Waals surface area contributed by atoms with Crippen LogP contribution in [0.2, 0.25) is 0 Å². The van der Waals surface area contributed by atoms with Crippen LogP contribution in [-0.2, 0) is 13.0 Å². The van der Waals surface area contributed by atoms with Crippen LogP contribution in [0.15, 0.2) is 48.5 Å². The summed E-state index contributed by atoms with van der Waals surface area (Å²) in [6.07, 6.45) is 2.76. The lowest BCUT2D eigenvalue weighted by Crippen LogP contribution is -1.98. The van der Waals surface area contributed by atoms with E-state index in [1.165, 1.54) is 11.6 Å². The summed E-state index contributed by atoms with van der Waals surface area (Å²) >= 11 is 0. The van der Waals surface area contributed by atoms with Crippen molar-refractivity contribution >= 4 is 0 Å². The number of hydrogen-bond acceptors (Lipinski definition) is 2. The zero-order valence-electron chi connectivity index (χ0n) is 11.4. The lowest BCUT2D eigenvalue weighted by molar-refractivity contribution is 0.284. The lowest BCUT2D eigenvalue weighted by atomic mass is 10.1. The quantitative estimate of drug-likeness (QED) is 0.780. The Bertz CT molecular complexity index is 523. The molecule has 2 aromatic rings. The van der Waals surface area contributed by atoms with E-state index < -0.39 is 0 Å². The van der Waals surface area contributed by atoms with Crippen LogP contribution >= 0.6 is 0 Å². The van der Waals surface area contributed by atoms with Gasteiger partial charge in [-0.1, -0.05) is 30.3 Å². The van der Waals surface area contributed by atoms with E-state index in [1.54, 1.807) is 18.2 Å². The Morgan fingerprint density at radius 3 is 2.40 bits per heavy atom. The molecule has 3 heteroatoms. The molecule has 0 unspecified atom stereocenters. The summed E-state index contributed by atoms with van der Waals surface area (Å²) in [5, 5.41) is 8.74. The molecule has 2 nitrogen and oxygen atoms in total. The van der Waals surface area contributed by atoms with Gasteiger partial charge in [-0.25, -0.2) is 4.39 Å². The maximum absolute atomic E-state index is 13.4. The van der Waals surface area contributed by atoms with E-state index in [0.29, 0.717) is 5.56 Å². The number of ether oxygens (including phenoxy) is 1. The molecule has 20 heavy (non-hydrogen) atoms. The second-order valence-corrected chi connectivity index (χ2v) is 4.70. The Morgan fingerprint density at radius 2 is 1.70 bits per heavy atom. The van der Waals surface area contributed by atoms with Gasteiger partial charge in [-0.05, 0) is 43.0 Å². The second kappa shape index (κ2) is 7.65. The first-order valence-corrected chi connectivity index (χ1v) is 6.85. The maximum atomic E-state index is 13.4. The molecular weight excluding hydrogens is 255 g/mol. The fraction of sp³-hybridized carbons (Fsp3) is 0.294. The highest BCUT2D eigenvalue weighted by Gasteiger charge is 2.02. The van der Waals surface area contributed by atoms with E-state index in [4.69, 9.17) is 9.84 Å². The molecule has 0 atom stereocenters. The van der Waals surface area contributed by atoms with Crippen molar-refractivity contribution in [3.05, 3.63) is 65.5 Å². The zero-order chi connectivity index (χ0) is 14.2. The van der Waals surface area contributed by atoms with E-state index in [1.807, 2.05) is 24.3 Å². The number of benzene rings is 2. The number of aryl methyl sites for hydroxylation is 1. The molecule has 0 aliphatic carbocycles. The topological polar surface area (TPSA) is 29.5 Å². The summed E-state index contributed by atoms with van der Waals surface area (Å²) in [5.41, 5.74) is 1.77. The molecule has 106 valence electrons. The normalized spacial score (nSPS) is 10.5. The van der Waals surface area contributed by atoms with Crippen LogP contribution in [0.25, 0.3) is 0 Å². The third-order valence-electron chi connectivity index (χ3n) is 3.15. The Morgan fingerprint density at radius 1 is 0.950 bits per heavy atom. The molecule has 0 radical (unpaired) electrons. The number of rotatable bonds is 7. The first-order chi connectivity index (χ1) is 9.79. The lowest BCUT2D eigenvalue weighted by Gasteiger charge is -2.08. The van der Waals surface area contributed by atoms with E-state index in [0.717, 1.165) is 25.0 Å². The van der Waals surface area contributed by atoms with Gasteiger partial charge in [0.25, 0.3) is 0 Å². The van der Waals surface area contributed by atoms with Crippen LogP contribution in [0.5, 0.6) is 5.75 Å². The molecule has 2 aromatic carbocycles. The number of aliphatic hydroxyl groups excluding tert-OH is 1. The monoisotopic (exact) mass is 274 g/mol. The van der Waals surface area contributed by atoms with Crippen molar-refractivity contribution in [2.45, 2.75) is 25.9 Å². The predicted octanol–water partition coefficient (Wildman–Crippen LogP) is 3.72. The molecule has 0 saturated carbocycles. The summed E-state index contributed by atoms with van der Waals surface area (Å²) in [6, 6.07) is 14.4. The van der Waals surface area contributed by atoms with Gasteiger partial charge in [0.05, 0.1) is 0 Å². The minimum atomic E-state index is -0.242. The number of unbranched alkanes of at least 4 members (excludes halogenated alkanes) is 1. The molecule has 0 aliphatic heterocycles. The number of aliphatic hydroxyl groups is 1. The van der Waals surface area contributed by atoms with Crippen LogP contribution < -0.4 is 4.74 Å². The molecule has 0 heterocycles. The summed E-state index contributed by atoms with van der Waals surface area (Å²) in [7, 11) is 0. The summed E-state index contributed by atoms with van der Waals surface area (Å²) in [5.74, 6) is 0.493. The number of halogens is 1. The molecule has 1 N–H and O–H groups in total. The van der Waals surface area contributed by atoms with Crippen LogP contribution in [0.3, 0.4) is 0 Å². The Labute approximate surface area is 118 Å². The Balaban J connectivity index is 1.86. The van der Waals surface area contributed by atoms with Gasteiger partial charge >= 0.3 is 0 Å². The van der Waals surface area contributed by atoms with Crippen molar-refractivity contribution in [3.63, 3.8) is 0 Å². The maximum Gasteiger partial charge on any atom is 0.129 e. The molecule has 0 amide bonds. The number of hydrogen-bond donors (Lipinski definition) is 1. The molecular formula is C17H19FO2. The Hall–Kier alpha value is -1.87. The summed E-state index contributed by atoms with van der Waals surface area (Å²) < 4.78 is 19.0. The third kappa shape index (κ3) is 4.35. The highest BCUT2D eigenvalue weighted by Crippen LogP contribution is 2.16. The molecule has 0 aromatic heterocycles. The van der Waals surface area contributed by atoms with E-state index in [9.17, 15) is 4.39 Å². The van der Waals surface area contributed by atoms with Crippen LogP contribution in [0, 0.1) is 5.82 Å². The largest absolute Gasteiger partial charge is 0.489 e. The van der Waals surface area contributed by atoms with Crippen molar-refractivity contribution in [3.8, 4) is 5.75 Å². The zero-order valence-corrected chi connectivity index (χ0v) is 11.4. The highest BCUT2D eigenvalue weighted by atomic mass is 19.1. The average Bonchev–Trinajstić information content (AvgIpc) is 2.48. The SMILES string of the molecule is OCCCCc1ccc(OCc2ccccc2F)cc1. The molecule has 0 spiro atoms. The van der Waals surface area contributed by atoms with Gasteiger partial charge in [0, 0.05) is 12.2 Å². The molecule has 0 fully saturated rings. The van der Waals surface area contributed by atoms with Gasteiger partial charge in [-0.2, -0.15) is 0 Å². The van der Waals surface area contributed by atoms with Gasteiger partial charge in [0.1, 0.15) is 18.2 Å².